The van der Waals surface area contributed by atoms with Crippen LogP contribution in [-0.4, -0.2) is 19.6 Å². The minimum Gasteiger partial charge on any atom is -0.370 e. The lowest BCUT2D eigenvalue weighted by Crippen LogP contribution is -2.32. The second-order valence-electron chi connectivity index (χ2n) is 2.91. The maximum absolute atomic E-state index is 12.5. The van der Waals surface area contributed by atoms with Crippen molar-refractivity contribution in [3.63, 3.8) is 0 Å². The lowest BCUT2D eigenvalue weighted by molar-refractivity contribution is 0.627. The van der Waals surface area contributed by atoms with Gasteiger partial charge in [-0.2, -0.15) is 0 Å². The Balaban J connectivity index is 2.35. The second-order valence-corrected chi connectivity index (χ2v) is 2.91. The number of nitrogens with zero attached hydrogens (tertiary/aromatic N) is 1. The Kier molecular flexibility index (Phi) is 3.91. The first-order valence-electron chi connectivity index (χ1n) is 4.43. The molecule has 76 valence electrons. The van der Waals surface area contributed by atoms with Crippen molar-refractivity contribution in [1.82, 2.24) is 5.32 Å². The molecule has 3 nitrogen and oxygen atoms in total. The largest absolute Gasteiger partial charge is 0.370 e. The SMILES string of the molecule is CN=C(N)NCCc1ccc(F)cc1. The van der Waals surface area contributed by atoms with E-state index in [4.69, 9.17) is 5.73 Å². The Bertz CT molecular complexity index is 306. The summed E-state index contributed by atoms with van der Waals surface area (Å²) in [7, 11) is 1.63. The van der Waals surface area contributed by atoms with E-state index in [2.05, 4.69) is 10.3 Å². The Morgan fingerprint density at radius 1 is 1.43 bits per heavy atom. The van der Waals surface area contributed by atoms with Gasteiger partial charge in [-0.3, -0.25) is 4.99 Å². The molecule has 0 fully saturated rings. The topological polar surface area (TPSA) is 50.4 Å². The van der Waals surface area contributed by atoms with Gasteiger partial charge in [0, 0.05) is 13.6 Å². The fourth-order valence-corrected chi connectivity index (χ4v) is 1.07. The molecule has 4 heteroatoms. The maximum atomic E-state index is 12.5. The van der Waals surface area contributed by atoms with E-state index in [0.717, 1.165) is 12.0 Å². The molecule has 1 aromatic rings. The smallest absolute Gasteiger partial charge is 0.188 e. The highest BCUT2D eigenvalue weighted by atomic mass is 19.1. The van der Waals surface area contributed by atoms with Crippen molar-refractivity contribution in [2.75, 3.05) is 13.6 Å². The minimum absolute atomic E-state index is 0.212. The van der Waals surface area contributed by atoms with Crippen LogP contribution in [0.2, 0.25) is 0 Å². The fourth-order valence-electron chi connectivity index (χ4n) is 1.07. The van der Waals surface area contributed by atoms with Crippen LogP contribution in [0.3, 0.4) is 0 Å². The van der Waals surface area contributed by atoms with Gasteiger partial charge in [0.25, 0.3) is 0 Å². The van der Waals surface area contributed by atoms with Crippen LogP contribution in [0.1, 0.15) is 5.56 Å². The van der Waals surface area contributed by atoms with Crippen molar-refractivity contribution in [3.8, 4) is 0 Å². The molecule has 0 saturated carbocycles. The van der Waals surface area contributed by atoms with Crippen molar-refractivity contribution in [1.29, 1.82) is 0 Å². The van der Waals surface area contributed by atoms with Crippen LogP contribution in [0.4, 0.5) is 4.39 Å². The molecule has 1 aromatic carbocycles. The first-order chi connectivity index (χ1) is 6.72. The fraction of sp³-hybridized carbons (Fsp3) is 0.300. The molecule has 0 aliphatic rings. The zero-order valence-corrected chi connectivity index (χ0v) is 8.13. The van der Waals surface area contributed by atoms with E-state index < -0.39 is 0 Å². The van der Waals surface area contributed by atoms with Crippen molar-refractivity contribution in [3.05, 3.63) is 35.6 Å². The molecule has 0 amide bonds. The summed E-state index contributed by atoms with van der Waals surface area (Å²) in [5.74, 6) is 0.212. The van der Waals surface area contributed by atoms with E-state index in [0.29, 0.717) is 12.5 Å². The molecule has 0 heterocycles. The number of nitrogens with one attached hydrogen (secondary N) is 1. The minimum atomic E-state index is -0.212. The summed E-state index contributed by atoms with van der Waals surface area (Å²) in [6.45, 7) is 0.703. The van der Waals surface area contributed by atoms with Crippen LogP contribution in [0.25, 0.3) is 0 Å². The molecule has 0 spiro atoms. The first-order valence-corrected chi connectivity index (χ1v) is 4.43. The van der Waals surface area contributed by atoms with Crippen LogP contribution in [0.15, 0.2) is 29.3 Å². The highest BCUT2D eigenvalue weighted by Gasteiger charge is 1.94. The van der Waals surface area contributed by atoms with Crippen molar-refractivity contribution in [2.45, 2.75) is 6.42 Å². The van der Waals surface area contributed by atoms with E-state index >= 15 is 0 Å². The van der Waals surface area contributed by atoms with Gasteiger partial charge in [-0.15, -0.1) is 0 Å². The van der Waals surface area contributed by atoms with Gasteiger partial charge in [0.15, 0.2) is 5.96 Å². The molecular weight excluding hydrogens is 181 g/mol. The molecule has 0 aliphatic carbocycles. The number of halogens is 1. The molecule has 0 unspecified atom stereocenters. The molecule has 1 rings (SSSR count). The van der Waals surface area contributed by atoms with Crippen LogP contribution in [0, 0.1) is 5.82 Å². The van der Waals surface area contributed by atoms with Gasteiger partial charge in [0.05, 0.1) is 0 Å². The summed E-state index contributed by atoms with van der Waals surface area (Å²) in [6.07, 6.45) is 0.802. The second kappa shape index (κ2) is 5.21. The van der Waals surface area contributed by atoms with Crippen LogP contribution >= 0.6 is 0 Å². The van der Waals surface area contributed by atoms with Gasteiger partial charge >= 0.3 is 0 Å². The lowest BCUT2D eigenvalue weighted by atomic mass is 10.1. The van der Waals surface area contributed by atoms with Gasteiger partial charge < -0.3 is 11.1 Å². The van der Waals surface area contributed by atoms with Crippen molar-refractivity contribution >= 4 is 5.96 Å². The van der Waals surface area contributed by atoms with E-state index in [1.165, 1.54) is 12.1 Å². The zero-order chi connectivity index (χ0) is 10.4. The van der Waals surface area contributed by atoms with Gasteiger partial charge in [-0.05, 0) is 24.1 Å². The summed E-state index contributed by atoms with van der Waals surface area (Å²) in [5.41, 5.74) is 6.51. The average molecular weight is 195 g/mol. The third-order valence-electron chi connectivity index (χ3n) is 1.87. The van der Waals surface area contributed by atoms with E-state index in [-0.39, 0.29) is 5.82 Å². The number of nitrogens with two attached hydrogens (primary N) is 1. The molecule has 0 aromatic heterocycles. The predicted octanol–water partition coefficient (Wildman–Crippen LogP) is 0.902. The Morgan fingerprint density at radius 2 is 2.07 bits per heavy atom. The normalized spacial score (nSPS) is 11.4. The van der Waals surface area contributed by atoms with E-state index in [9.17, 15) is 4.39 Å². The summed E-state index contributed by atoms with van der Waals surface area (Å²) in [6, 6.07) is 6.42. The van der Waals surface area contributed by atoms with Gasteiger partial charge in [0.1, 0.15) is 5.82 Å². The number of hydrogen-bond donors (Lipinski definition) is 2. The van der Waals surface area contributed by atoms with Crippen molar-refractivity contribution < 1.29 is 4.39 Å². The van der Waals surface area contributed by atoms with Crippen LogP contribution in [0.5, 0.6) is 0 Å². The van der Waals surface area contributed by atoms with Crippen molar-refractivity contribution in [2.24, 2.45) is 10.7 Å². The number of rotatable bonds is 3. The molecule has 0 saturated heterocycles. The van der Waals surface area contributed by atoms with Crippen LogP contribution in [-0.2, 0) is 6.42 Å². The average Bonchev–Trinajstić information content (AvgIpc) is 2.21. The summed E-state index contributed by atoms with van der Waals surface area (Å²) >= 11 is 0. The number of aliphatic imine (C=N–C) groups is 1. The van der Waals surface area contributed by atoms with E-state index in [1.54, 1.807) is 19.2 Å². The van der Waals surface area contributed by atoms with Crippen LogP contribution < -0.4 is 11.1 Å². The standard InChI is InChI=1S/C10H14FN3/c1-13-10(12)14-7-6-8-2-4-9(11)5-3-8/h2-5H,6-7H2,1H3,(H3,12,13,14). The molecular formula is C10H14FN3. The molecule has 0 radical (unpaired) electrons. The summed E-state index contributed by atoms with van der Waals surface area (Å²) in [4.78, 5) is 3.76. The lowest BCUT2D eigenvalue weighted by Gasteiger charge is -2.04. The molecule has 0 aliphatic heterocycles. The number of benzene rings is 1. The zero-order valence-electron chi connectivity index (χ0n) is 8.13. The summed E-state index contributed by atoms with van der Waals surface area (Å²) < 4.78 is 12.5. The first kappa shape index (κ1) is 10.5. The molecule has 0 atom stereocenters. The number of guanidine groups is 1. The van der Waals surface area contributed by atoms with Gasteiger partial charge in [-0.25, -0.2) is 4.39 Å². The Morgan fingerprint density at radius 3 is 2.64 bits per heavy atom. The molecule has 3 N–H and O–H groups in total. The summed E-state index contributed by atoms with van der Waals surface area (Å²) in [5, 5.41) is 2.93. The number of hydrogen-bond acceptors (Lipinski definition) is 1. The predicted molar refractivity (Wildman–Crippen MR) is 55.7 cm³/mol. The van der Waals surface area contributed by atoms with E-state index in [1.807, 2.05) is 0 Å². The molecule has 14 heavy (non-hydrogen) atoms. The molecule has 0 bridgehead atoms. The van der Waals surface area contributed by atoms with Gasteiger partial charge in [0.2, 0.25) is 0 Å². The third kappa shape index (κ3) is 3.43. The highest BCUT2D eigenvalue weighted by Crippen LogP contribution is 2.02. The maximum Gasteiger partial charge on any atom is 0.188 e. The highest BCUT2D eigenvalue weighted by molar-refractivity contribution is 5.77. The Hall–Kier alpha value is -1.58. The third-order valence-corrected chi connectivity index (χ3v) is 1.87. The monoisotopic (exact) mass is 195 g/mol. The quantitative estimate of drug-likeness (QED) is 0.556. The Labute approximate surface area is 82.8 Å². The van der Waals surface area contributed by atoms with Gasteiger partial charge in [-0.1, -0.05) is 12.1 Å².